The monoisotopic (exact) mass is 245 g/mol. The molecule has 0 heterocycles. The van der Waals surface area contributed by atoms with Gasteiger partial charge in [0, 0.05) is 12.5 Å². The fourth-order valence-corrected chi connectivity index (χ4v) is 2.51. The number of Topliss-reactive ketones (excluding diaryl/α,β-unsaturated/α-hetero) is 1. The predicted molar refractivity (Wildman–Crippen MR) is 70.8 cm³/mol. The van der Waals surface area contributed by atoms with Gasteiger partial charge >= 0.3 is 0 Å². The van der Waals surface area contributed by atoms with Crippen molar-refractivity contribution in [2.75, 3.05) is 0 Å². The van der Waals surface area contributed by atoms with E-state index >= 15 is 0 Å². The maximum absolute atomic E-state index is 12.4. The summed E-state index contributed by atoms with van der Waals surface area (Å²) in [6.45, 7) is 5.54. The first-order valence-corrected chi connectivity index (χ1v) is 6.40. The third kappa shape index (κ3) is 2.45. The highest BCUT2D eigenvalue weighted by atomic mass is 16.2. The molecule has 0 radical (unpaired) electrons. The summed E-state index contributed by atoms with van der Waals surface area (Å²) in [5.41, 5.74) is 4.26. The van der Waals surface area contributed by atoms with E-state index in [2.05, 4.69) is 18.3 Å². The van der Waals surface area contributed by atoms with E-state index in [4.69, 9.17) is 0 Å². The topological polar surface area (TPSA) is 46.2 Å². The molecule has 0 fully saturated rings. The summed E-state index contributed by atoms with van der Waals surface area (Å²) in [6.07, 6.45) is 2.58. The van der Waals surface area contributed by atoms with Gasteiger partial charge in [0.25, 0.3) is 0 Å². The molecule has 0 unspecified atom stereocenters. The summed E-state index contributed by atoms with van der Waals surface area (Å²) in [4.78, 5) is 23.6. The van der Waals surface area contributed by atoms with E-state index in [0.29, 0.717) is 0 Å². The summed E-state index contributed by atoms with van der Waals surface area (Å²) in [7, 11) is 0. The highest BCUT2D eigenvalue weighted by Gasteiger charge is 2.26. The lowest BCUT2D eigenvalue weighted by atomic mass is 9.95. The van der Waals surface area contributed by atoms with Crippen LogP contribution < -0.4 is 5.32 Å². The lowest BCUT2D eigenvalue weighted by Gasteiger charge is -2.15. The van der Waals surface area contributed by atoms with E-state index < -0.39 is 0 Å². The van der Waals surface area contributed by atoms with Crippen LogP contribution in [0.4, 0.5) is 0 Å². The molecule has 96 valence electrons. The van der Waals surface area contributed by atoms with Crippen molar-refractivity contribution >= 4 is 11.7 Å². The van der Waals surface area contributed by atoms with Crippen LogP contribution in [0.15, 0.2) is 12.1 Å². The number of nitrogens with one attached hydrogen (secondary N) is 1. The molecule has 0 saturated heterocycles. The van der Waals surface area contributed by atoms with Gasteiger partial charge in [-0.25, -0.2) is 0 Å². The van der Waals surface area contributed by atoms with Crippen molar-refractivity contribution in [1.82, 2.24) is 5.32 Å². The fourth-order valence-electron chi connectivity index (χ4n) is 2.51. The maximum atomic E-state index is 12.4. The molecule has 1 aliphatic carbocycles. The zero-order valence-electron chi connectivity index (χ0n) is 11.2. The van der Waals surface area contributed by atoms with Gasteiger partial charge in [-0.1, -0.05) is 6.07 Å². The van der Waals surface area contributed by atoms with Crippen LogP contribution in [0.3, 0.4) is 0 Å². The van der Waals surface area contributed by atoms with Gasteiger partial charge in [-0.15, -0.1) is 0 Å². The first kappa shape index (κ1) is 12.8. The van der Waals surface area contributed by atoms with Gasteiger partial charge in [-0.05, 0) is 55.9 Å². The zero-order valence-corrected chi connectivity index (χ0v) is 11.2. The molecule has 0 aromatic heterocycles. The van der Waals surface area contributed by atoms with Gasteiger partial charge in [-0.3, -0.25) is 9.59 Å². The van der Waals surface area contributed by atoms with Crippen molar-refractivity contribution in [2.24, 2.45) is 0 Å². The van der Waals surface area contributed by atoms with E-state index in [1.807, 2.05) is 13.0 Å². The second-order valence-electron chi connectivity index (χ2n) is 5.10. The Morgan fingerprint density at radius 1 is 1.28 bits per heavy atom. The van der Waals surface area contributed by atoms with Gasteiger partial charge < -0.3 is 5.32 Å². The molecule has 1 aromatic carbocycles. The Bertz CT molecular complexity index is 505. The molecule has 3 nitrogen and oxygen atoms in total. The van der Waals surface area contributed by atoms with Crippen LogP contribution in [0.1, 0.15) is 46.8 Å². The highest BCUT2D eigenvalue weighted by molar-refractivity contribution is 6.03. The van der Waals surface area contributed by atoms with E-state index in [0.717, 1.165) is 36.0 Å². The van der Waals surface area contributed by atoms with Gasteiger partial charge in [-0.2, -0.15) is 0 Å². The molecule has 1 aromatic rings. The molecule has 0 saturated carbocycles. The molecule has 1 aliphatic rings. The summed E-state index contributed by atoms with van der Waals surface area (Å²) in [6, 6.07) is 3.72. The Kier molecular flexibility index (Phi) is 3.50. The number of rotatable bonds is 1. The number of ketones is 1. The van der Waals surface area contributed by atoms with Crippen molar-refractivity contribution in [2.45, 2.75) is 46.1 Å². The van der Waals surface area contributed by atoms with Crippen LogP contribution in [0, 0.1) is 13.8 Å². The number of hydrogen-bond donors (Lipinski definition) is 1. The molecule has 3 heteroatoms. The number of fused-ring (bicyclic) bond motifs is 1. The first-order chi connectivity index (χ1) is 8.49. The number of aryl methyl sites for hydroxylation is 3. The Morgan fingerprint density at radius 3 is 2.61 bits per heavy atom. The molecule has 1 atom stereocenters. The third-order valence-electron chi connectivity index (χ3n) is 3.62. The number of amides is 1. The molecule has 1 amide bonds. The van der Waals surface area contributed by atoms with Crippen molar-refractivity contribution in [3.05, 3.63) is 34.4 Å². The number of carbonyl (C=O) groups excluding carboxylic acids is 2. The van der Waals surface area contributed by atoms with Crippen LogP contribution in [0.5, 0.6) is 0 Å². The minimum absolute atomic E-state index is 0.0563. The van der Waals surface area contributed by atoms with E-state index in [1.165, 1.54) is 12.5 Å². The first-order valence-electron chi connectivity index (χ1n) is 6.40. The molecule has 0 bridgehead atoms. The SMILES string of the molecule is CC(=O)N[C@H]1CCCc2cc(C)c(C)cc2C1=O. The summed E-state index contributed by atoms with van der Waals surface area (Å²) < 4.78 is 0. The van der Waals surface area contributed by atoms with Crippen molar-refractivity contribution in [3.63, 3.8) is 0 Å². The Morgan fingerprint density at radius 2 is 1.94 bits per heavy atom. The number of carbonyl (C=O) groups is 2. The minimum atomic E-state index is -0.356. The van der Waals surface area contributed by atoms with Crippen LogP contribution >= 0.6 is 0 Å². The molecule has 0 aliphatic heterocycles. The quantitative estimate of drug-likeness (QED) is 0.772. The second-order valence-corrected chi connectivity index (χ2v) is 5.10. The van der Waals surface area contributed by atoms with Gasteiger partial charge in [0.05, 0.1) is 6.04 Å². The normalized spacial score (nSPS) is 19.1. The molecular formula is C15H19NO2. The molecule has 18 heavy (non-hydrogen) atoms. The molecule has 1 N–H and O–H groups in total. The van der Waals surface area contributed by atoms with Gasteiger partial charge in [0.15, 0.2) is 5.78 Å². The summed E-state index contributed by atoms with van der Waals surface area (Å²) >= 11 is 0. The summed E-state index contributed by atoms with van der Waals surface area (Å²) in [5.74, 6) is -0.0820. The van der Waals surface area contributed by atoms with Crippen molar-refractivity contribution in [3.8, 4) is 0 Å². The maximum Gasteiger partial charge on any atom is 0.217 e. The Balaban J connectivity index is 2.39. The van der Waals surface area contributed by atoms with Crippen LogP contribution in [0.25, 0.3) is 0 Å². The van der Waals surface area contributed by atoms with Gasteiger partial charge in [0.2, 0.25) is 5.91 Å². The lowest BCUT2D eigenvalue weighted by Crippen LogP contribution is -2.39. The Hall–Kier alpha value is -1.64. The summed E-state index contributed by atoms with van der Waals surface area (Å²) in [5, 5.41) is 2.76. The van der Waals surface area contributed by atoms with Crippen LogP contribution in [0.2, 0.25) is 0 Å². The van der Waals surface area contributed by atoms with E-state index in [-0.39, 0.29) is 17.7 Å². The fraction of sp³-hybridized carbons (Fsp3) is 0.467. The predicted octanol–water partition coefficient (Wildman–Crippen LogP) is 2.33. The number of benzene rings is 1. The smallest absolute Gasteiger partial charge is 0.217 e. The minimum Gasteiger partial charge on any atom is -0.346 e. The zero-order chi connectivity index (χ0) is 13.3. The van der Waals surface area contributed by atoms with Crippen molar-refractivity contribution < 1.29 is 9.59 Å². The second kappa shape index (κ2) is 4.92. The molecule has 2 rings (SSSR count). The number of hydrogen-bond acceptors (Lipinski definition) is 2. The largest absolute Gasteiger partial charge is 0.346 e. The van der Waals surface area contributed by atoms with Gasteiger partial charge in [0.1, 0.15) is 0 Å². The lowest BCUT2D eigenvalue weighted by molar-refractivity contribution is -0.119. The van der Waals surface area contributed by atoms with Crippen molar-refractivity contribution in [1.29, 1.82) is 0 Å². The average molecular weight is 245 g/mol. The standard InChI is InChI=1S/C15H19NO2/c1-9-7-12-5-4-6-14(16-11(3)17)15(18)13(12)8-10(9)2/h7-8,14H,4-6H2,1-3H3,(H,16,17)/t14-/m0/s1. The molecule has 0 spiro atoms. The van der Waals surface area contributed by atoms with E-state index in [1.54, 1.807) is 0 Å². The van der Waals surface area contributed by atoms with Crippen LogP contribution in [-0.2, 0) is 11.2 Å². The Labute approximate surface area is 108 Å². The van der Waals surface area contributed by atoms with E-state index in [9.17, 15) is 9.59 Å². The third-order valence-corrected chi connectivity index (χ3v) is 3.62. The molecular weight excluding hydrogens is 226 g/mol. The van der Waals surface area contributed by atoms with Crippen LogP contribution in [-0.4, -0.2) is 17.7 Å². The average Bonchev–Trinajstić information content (AvgIpc) is 2.42. The highest BCUT2D eigenvalue weighted by Crippen LogP contribution is 2.24.